The predicted molar refractivity (Wildman–Crippen MR) is 62.1 cm³/mol. The summed E-state index contributed by atoms with van der Waals surface area (Å²) < 4.78 is 4.25. The Labute approximate surface area is 88.6 Å². The number of ether oxygens (including phenoxy) is 1. The van der Waals surface area contributed by atoms with Gasteiger partial charge in [0, 0.05) is 19.5 Å². The minimum atomic E-state index is 0.911. The van der Waals surface area contributed by atoms with Gasteiger partial charge in [0.1, 0.15) is 0 Å². The van der Waals surface area contributed by atoms with Gasteiger partial charge in [0.05, 0.1) is 0 Å². The van der Waals surface area contributed by atoms with E-state index in [-0.39, 0.29) is 0 Å². The van der Waals surface area contributed by atoms with Gasteiger partial charge in [0.15, 0.2) is 0 Å². The van der Waals surface area contributed by atoms with Gasteiger partial charge in [-0.2, -0.15) is 0 Å². The molecule has 0 radical (unpaired) electrons. The molecule has 0 heterocycles. The molecule has 1 aromatic carbocycles. The van der Waals surface area contributed by atoms with Gasteiger partial charge in [0.2, 0.25) is 0 Å². The van der Waals surface area contributed by atoms with E-state index in [9.17, 15) is 0 Å². The van der Waals surface area contributed by atoms with Crippen LogP contribution in [0.2, 0.25) is 0 Å². The number of rotatable bonds is 2. The lowest BCUT2D eigenvalue weighted by molar-refractivity contribution is 0.277. The van der Waals surface area contributed by atoms with Crippen LogP contribution < -0.4 is 0 Å². The van der Waals surface area contributed by atoms with Crippen molar-refractivity contribution in [1.29, 1.82) is 0 Å². The Balaban J connectivity index is 0.000000424. The highest BCUT2D eigenvalue weighted by Crippen LogP contribution is 2.08. The second-order valence-electron chi connectivity index (χ2n) is 2.49. The molecule has 1 nitrogen and oxygen atoms in total. The summed E-state index contributed by atoms with van der Waals surface area (Å²) in [6.07, 6.45) is 1.85. The Morgan fingerprint density at radius 3 is 2.54 bits per heavy atom. The third-order valence-electron chi connectivity index (χ3n) is 1.34. The number of benzene rings is 1. The van der Waals surface area contributed by atoms with E-state index in [2.05, 4.69) is 39.4 Å². The zero-order chi connectivity index (χ0) is 10.1. The fourth-order valence-corrected chi connectivity index (χ4v) is 1.15. The molecule has 0 aliphatic rings. The van der Waals surface area contributed by atoms with Crippen molar-refractivity contribution in [3.8, 4) is 0 Å². The zero-order valence-electron chi connectivity index (χ0n) is 8.09. The molecule has 0 saturated heterocycles. The van der Waals surface area contributed by atoms with Crippen LogP contribution in [0, 0.1) is 0 Å². The number of hydrogen-bond acceptors (Lipinski definition) is 1. The van der Waals surface area contributed by atoms with E-state index in [0.717, 1.165) is 5.33 Å². The lowest BCUT2D eigenvalue weighted by Gasteiger charge is -1.95. The molecular weight excluding hydrogens is 228 g/mol. The van der Waals surface area contributed by atoms with Crippen molar-refractivity contribution in [2.45, 2.75) is 5.33 Å². The van der Waals surface area contributed by atoms with Gasteiger partial charge in [-0.1, -0.05) is 52.9 Å². The second kappa shape index (κ2) is 8.02. The molecule has 0 unspecified atom stereocenters. The Bertz CT molecular complexity index is 246. The molecular formula is C11H15BrO. The molecule has 0 spiro atoms. The first-order valence-electron chi connectivity index (χ1n) is 3.96. The SMILES string of the molecule is C=Cc1cccc(CBr)c1.COC. The highest BCUT2D eigenvalue weighted by molar-refractivity contribution is 9.08. The third kappa shape index (κ3) is 5.61. The quantitative estimate of drug-likeness (QED) is 0.722. The molecule has 0 saturated carbocycles. The molecule has 13 heavy (non-hydrogen) atoms. The first kappa shape index (κ1) is 12.4. The molecule has 1 rings (SSSR count). The summed E-state index contributed by atoms with van der Waals surface area (Å²) in [6.45, 7) is 3.69. The highest BCUT2D eigenvalue weighted by atomic mass is 79.9. The molecule has 0 atom stereocenters. The summed E-state index contributed by atoms with van der Waals surface area (Å²) in [6, 6.07) is 8.27. The van der Waals surface area contributed by atoms with Crippen molar-refractivity contribution in [2.24, 2.45) is 0 Å². The second-order valence-corrected chi connectivity index (χ2v) is 3.05. The van der Waals surface area contributed by atoms with Crippen LogP contribution in [0.15, 0.2) is 30.8 Å². The summed E-state index contributed by atoms with van der Waals surface area (Å²) in [4.78, 5) is 0. The van der Waals surface area contributed by atoms with Gasteiger partial charge in [0.25, 0.3) is 0 Å². The fraction of sp³-hybridized carbons (Fsp3) is 0.273. The van der Waals surface area contributed by atoms with Crippen LogP contribution in [0.4, 0.5) is 0 Å². The molecule has 2 heteroatoms. The maximum absolute atomic E-state index is 4.25. The molecule has 0 aromatic heterocycles. The van der Waals surface area contributed by atoms with Gasteiger partial charge in [-0.15, -0.1) is 0 Å². The maximum atomic E-state index is 4.25. The topological polar surface area (TPSA) is 9.23 Å². The summed E-state index contributed by atoms with van der Waals surface area (Å²) in [5, 5.41) is 0.911. The van der Waals surface area contributed by atoms with Crippen LogP contribution in [-0.2, 0) is 10.1 Å². The van der Waals surface area contributed by atoms with Crippen molar-refractivity contribution in [1.82, 2.24) is 0 Å². The largest absolute Gasteiger partial charge is 0.388 e. The number of halogens is 1. The Morgan fingerprint density at radius 2 is 2.08 bits per heavy atom. The van der Waals surface area contributed by atoms with Crippen LogP contribution in [0.3, 0.4) is 0 Å². The van der Waals surface area contributed by atoms with Crippen LogP contribution in [0.25, 0.3) is 6.08 Å². The predicted octanol–water partition coefficient (Wildman–Crippen LogP) is 3.49. The smallest absolute Gasteiger partial charge is 0.0351 e. The van der Waals surface area contributed by atoms with Crippen LogP contribution in [0.5, 0.6) is 0 Å². The van der Waals surface area contributed by atoms with E-state index < -0.39 is 0 Å². The van der Waals surface area contributed by atoms with Crippen LogP contribution in [-0.4, -0.2) is 14.2 Å². The van der Waals surface area contributed by atoms with Crippen LogP contribution in [0.1, 0.15) is 11.1 Å². The van der Waals surface area contributed by atoms with Crippen molar-refractivity contribution >= 4 is 22.0 Å². The molecule has 0 aliphatic heterocycles. The van der Waals surface area contributed by atoms with Crippen molar-refractivity contribution in [3.05, 3.63) is 42.0 Å². The summed E-state index contributed by atoms with van der Waals surface area (Å²) in [7, 11) is 3.25. The maximum Gasteiger partial charge on any atom is 0.0351 e. The monoisotopic (exact) mass is 242 g/mol. The minimum Gasteiger partial charge on any atom is -0.388 e. The third-order valence-corrected chi connectivity index (χ3v) is 1.99. The Morgan fingerprint density at radius 1 is 1.46 bits per heavy atom. The Hall–Kier alpha value is -0.600. The molecule has 0 aliphatic carbocycles. The van der Waals surface area contributed by atoms with Gasteiger partial charge in [-0.05, 0) is 11.1 Å². The summed E-state index contributed by atoms with van der Waals surface area (Å²) in [5.74, 6) is 0. The van der Waals surface area contributed by atoms with E-state index >= 15 is 0 Å². The molecule has 0 fully saturated rings. The summed E-state index contributed by atoms with van der Waals surface area (Å²) in [5.41, 5.74) is 2.47. The first-order valence-corrected chi connectivity index (χ1v) is 5.08. The first-order chi connectivity index (χ1) is 6.28. The van der Waals surface area contributed by atoms with Gasteiger partial charge < -0.3 is 4.74 Å². The average molecular weight is 243 g/mol. The van der Waals surface area contributed by atoms with Gasteiger partial charge in [-0.3, -0.25) is 0 Å². The normalized spacial score (nSPS) is 8.54. The van der Waals surface area contributed by atoms with Crippen molar-refractivity contribution in [2.75, 3.05) is 14.2 Å². The number of alkyl halides is 1. The lowest BCUT2D eigenvalue weighted by atomic mass is 10.1. The van der Waals surface area contributed by atoms with E-state index in [1.54, 1.807) is 14.2 Å². The number of hydrogen-bond donors (Lipinski definition) is 0. The zero-order valence-corrected chi connectivity index (χ0v) is 9.67. The van der Waals surface area contributed by atoms with E-state index in [1.165, 1.54) is 11.1 Å². The fourth-order valence-electron chi connectivity index (χ4n) is 0.803. The van der Waals surface area contributed by atoms with E-state index in [4.69, 9.17) is 0 Å². The standard InChI is InChI=1S/C9H9Br.C2H6O/c1-2-8-4-3-5-9(6-8)7-10;1-3-2/h2-6H,1,7H2;1-2H3. The molecule has 0 N–H and O–H groups in total. The Kier molecular flexibility index (Phi) is 7.65. The number of methoxy groups -OCH3 is 1. The van der Waals surface area contributed by atoms with E-state index in [0.29, 0.717) is 0 Å². The van der Waals surface area contributed by atoms with Crippen molar-refractivity contribution in [3.63, 3.8) is 0 Å². The van der Waals surface area contributed by atoms with Gasteiger partial charge in [-0.25, -0.2) is 0 Å². The molecule has 1 aromatic rings. The lowest BCUT2D eigenvalue weighted by Crippen LogP contribution is -1.76. The van der Waals surface area contributed by atoms with Crippen LogP contribution >= 0.6 is 15.9 Å². The molecule has 72 valence electrons. The average Bonchev–Trinajstić information content (AvgIpc) is 2.19. The summed E-state index contributed by atoms with van der Waals surface area (Å²) >= 11 is 3.39. The highest BCUT2D eigenvalue weighted by Gasteiger charge is 1.88. The van der Waals surface area contributed by atoms with E-state index in [1.807, 2.05) is 18.2 Å². The van der Waals surface area contributed by atoms with Crippen molar-refractivity contribution < 1.29 is 4.74 Å². The molecule has 0 bridgehead atoms. The molecule has 0 amide bonds. The minimum absolute atomic E-state index is 0.911. The van der Waals surface area contributed by atoms with Gasteiger partial charge >= 0.3 is 0 Å².